The van der Waals surface area contributed by atoms with Gasteiger partial charge in [0.15, 0.2) is 0 Å². The highest BCUT2D eigenvalue weighted by Gasteiger charge is 2.30. The van der Waals surface area contributed by atoms with E-state index in [2.05, 4.69) is 16.0 Å². The van der Waals surface area contributed by atoms with Gasteiger partial charge in [0.05, 0.1) is 11.2 Å². The Kier molecular flexibility index (Phi) is 15.9. The largest absolute Gasteiger partial charge is 0.477 e. The number of carboxylic acids is 1. The molecule has 1 aliphatic heterocycles. The summed E-state index contributed by atoms with van der Waals surface area (Å²) in [5.74, 6) is -2.60. The van der Waals surface area contributed by atoms with Gasteiger partial charge in [0.1, 0.15) is 36.7 Å². The van der Waals surface area contributed by atoms with Crippen LogP contribution in [-0.2, 0) is 38.8 Å². The number of nitrogens with two attached hydrogens (primary N) is 1. The van der Waals surface area contributed by atoms with Crippen LogP contribution in [0.25, 0.3) is 10.9 Å². The number of fused-ring (bicyclic) bond motifs is 1. The Morgan fingerprint density at radius 1 is 0.900 bits per heavy atom. The lowest BCUT2D eigenvalue weighted by Crippen LogP contribution is -2.55. The van der Waals surface area contributed by atoms with E-state index in [1.807, 2.05) is 30.3 Å². The molecule has 1 fully saturated rings. The third kappa shape index (κ3) is 11.7. The Bertz CT molecular complexity index is 2220. The molecule has 0 aliphatic carbocycles. The fourth-order valence-corrected chi connectivity index (χ4v) is 7.30. The molecule has 0 saturated carbocycles. The van der Waals surface area contributed by atoms with Crippen LogP contribution < -0.4 is 32.0 Å². The van der Waals surface area contributed by atoms with Crippen molar-refractivity contribution in [3.05, 3.63) is 106 Å². The number of carboxylic acid groups (broad SMARTS) is 1. The number of carbonyl (C=O) groups is 5. The molecule has 2 heterocycles. The van der Waals surface area contributed by atoms with Crippen LogP contribution in [0, 0.1) is 11.7 Å². The van der Waals surface area contributed by atoms with Crippen LogP contribution >= 0.6 is 11.8 Å². The van der Waals surface area contributed by atoms with Crippen molar-refractivity contribution in [1.29, 1.82) is 0 Å². The standard InChI is InChI=1S/C42H50FN7O9S/c1-4-48-22-31(40(54)55)37(51)30-20-32(43)35(21-34(30)48)49-15-17-50(18-16-49)42(57)59-24-28-10-12-29(13-11-28)45-38(52)33(25-60-19-14-44)46-39(53)36(26(2)3)47-41(56)58-23-27-8-6-5-7-9-27/h5-13,20-22,26,33,36H,4,14-19,23-25,44H2,1-3H3,(H,45,52)(H,46,53)(H,47,56)(H,54,55)/t33-,36-/m0/s1. The molecule has 1 aliphatic rings. The number of pyridine rings is 1. The number of alkyl carbamates (subject to hydrolysis) is 1. The quantitative estimate of drug-likeness (QED) is 0.0937. The summed E-state index contributed by atoms with van der Waals surface area (Å²) in [4.78, 5) is 80.0. The summed E-state index contributed by atoms with van der Waals surface area (Å²) in [5, 5.41) is 17.6. The zero-order chi connectivity index (χ0) is 43.3. The highest BCUT2D eigenvalue weighted by atomic mass is 32.2. The summed E-state index contributed by atoms with van der Waals surface area (Å²) >= 11 is 1.40. The summed E-state index contributed by atoms with van der Waals surface area (Å²) in [6, 6.07) is 16.5. The zero-order valence-electron chi connectivity index (χ0n) is 33.6. The maximum absolute atomic E-state index is 15.3. The van der Waals surface area contributed by atoms with E-state index in [0.717, 1.165) is 11.6 Å². The Hall–Kier alpha value is -6.14. The van der Waals surface area contributed by atoms with Gasteiger partial charge in [0.25, 0.3) is 0 Å². The third-order valence-corrected chi connectivity index (χ3v) is 10.9. The van der Waals surface area contributed by atoms with Crippen molar-refractivity contribution in [1.82, 2.24) is 20.1 Å². The van der Waals surface area contributed by atoms with Crippen LogP contribution in [0.4, 0.5) is 25.4 Å². The van der Waals surface area contributed by atoms with E-state index in [4.69, 9.17) is 15.2 Å². The lowest BCUT2D eigenvalue weighted by molar-refractivity contribution is -0.128. The Morgan fingerprint density at radius 2 is 1.57 bits per heavy atom. The van der Waals surface area contributed by atoms with E-state index in [-0.39, 0.29) is 62.1 Å². The van der Waals surface area contributed by atoms with Crippen LogP contribution in [0.15, 0.2) is 77.7 Å². The summed E-state index contributed by atoms with van der Waals surface area (Å²) in [6.07, 6.45) is -0.0615. The molecule has 0 bridgehead atoms. The van der Waals surface area contributed by atoms with Crippen molar-refractivity contribution < 1.29 is 42.9 Å². The summed E-state index contributed by atoms with van der Waals surface area (Å²) in [5.41, 5.74) is 7.00. The molecule has 60 heavy (non-hydrogen) atoms. The number of nitrogens with one attached hydrogen (secondary N) is 3. The van der Waals surface area contributed by atoms with Crippen molar-refractivity contribution >= 4 is 64.0 Å². The number of thioether (sulfide) groups is 1. The average molecular weight is 848 g/mol. The Morgan fingerprint density at radius 3 is 2.20 bits per heavy atom. The van der Waals surface area contributed by atoms with Gasteiger partial charge in [-0.15, -0.1) is 0 Å². The zero-order valence-corrected chi connectivity index (χ0v) is 34.5. The molecule has 1 saturated heterocycles. The first-order valence-corrected chi connectivity index (χ1v) is 20.7. The van der Waals surface area contributed by atoms with Crippen molar-refractivity contribution in [3.63, 3.8) is 0 Å². The predicted octanol–water partition coefficient (Wildman–Crippen LogP) is 4.38. The normalized spacial score (nSPS) is 13.7. The van der Waals surface area contributed by atoms with Crippen molar-refractivity contribution in [2.24, 2.45) is 11.7 Å². The molecule has 18 heteroatoms. The molecule has 0 unspecified atom stereocenters. The van der Waals surface area contributed by atoms with Gasteiger partial charge in [-0.25, -0.2) is 18.8 Å². The first-order chi connectivity index (χ1) is 28.8. The number of rotatable bonds is 17. The SMILES string of the molecule is CCn1cc(C(=O)O)c(=O)c2cc(F)c(N3CCN(C(=O)OCc4ccc(NC(=O)[C@H](CSCCN)NC(=O)[C@@H](NC(=O)OCc5ccccc5)C(C)C)cc4)CC3)cc21. The van der Waals surface area contributed by atoms with Gasteiger partial charge < -0.3 is 50.6 Å². The van der Waals surface area contributed by atoms with Crippen LogP contribution in [0.5, 0.6) is 0 Å². The number of benzene rings is 3. The van der Waals surface area contributed by atoms with E-state index in [9.17, 15) is 33.9 Å². The first kappa shape index (κ1) is 45.0. The second-order valence-corrected chi connectivity index (χ2v) is 15.5. The van der Waals surface area contributed by atoms with Crippen LogP contribution in [-0.4, -0.2) is 101 Å². The Labute approximate surface area is 350 Å². The number of ether oxygens (including phenoxy) is 2. The van der Waals surface area contributed by atoms with Crippen LogP contribution in [0.3, 0.4) is 0 Å². The lowest BCUT2D eigenvalue weighted by Gasteiger charge is -2.35. The molecule has 320 valence electrons. The van der Waals surface area contributed by atoms with Crippen molar-refractivity contribution in [3.8, 4) is 0 Å². The van der Waals surface area contributed by atoms with Gasteiger partial charge in [0.2, 0.25) is 17.2 Å². The van der Waals surface area contributed by atoms with E-state index in [0.29, 0.717) is 35.6 Å². The van der Waals surface area contributed by atoms with E-state index >= 15 is 4.39 Å². The number of hydrogen-bond donors (Lipinski definition) is 5. The average Bonchev–Trinajstić information content (AvgIpc) is 3.24. The van der Waals surface area contributed by atoms with Gasteiger partial charge in [-0.05, 0) is 48.2 Å². The molecule has 4 amide bonds. The third-order valence-electron chi connectivity index (χ3n) is 9.80. The molecule has 5 rings (SSSR count). The van der Waals surface area contributed by atoms with Crippen LogP contribution in [0.1, 0.15) is 42.3 Å². The molecule has 0 radical (unpaired) electrons. The monoisotopic (exact) mass is 847 g/mol. The molecule has 3 aromatic carbocycles. The van der Waals surface area contributed by atoms with Crippen molar-refractivity contribution in [2.75, 3.05) is 54.4 Å². The molecular formula is C42H50FN7O9S. The topological polar surface area (TPSA) is 215 Å². The van der Waals surface area contributed by atoms with Gasteiger partial charge in [-0.2, -0.15) is 11.8 Å². The van der Waals surface area contributed by atoms with Gasteiger partial charge >= 0.3 is 18.2 Å². The highest BCUT2D eigenvalue weighted by molar-refractivity contribution is 7.99. The minimum absolute atomic E-state index is 0.0223. The van der Waals surface area contributed by atoms with Gasteiger partial charge in [-0.1, -0.05) is 56.3 Å². The van der Waals surface area contributed by atoms with Gasteiger partial charge in [-0.3, -0.25) is 14.4 Å². The summed E-state index contributed by atoms with van der Waals surface area (Å²) in [7, 11) is 0. The maximum Gasteiger partial charge on any atom is 0.410 e. The molecular weight excluding hydrogens is 798 g/mol. The number of nitrogens with zero attached hydrogens (tertiary/aromatic N) is 3. The molecule has 16 nitrogen and oxygen atoms in total. The molecule has 2 atom stereocenters. The second kappa shape index (κ2) is 21.2. The fraction of sp³-hybridized carbons (Fsp3) is 0.381. The minimum Gasteiger partial charge on any atom is -0.477 e. The number of halogens is 1. The highest BCUT2D eigenvalue weighted by Crippen LogP contribution is 2.27. The van der Waals surface area contributed by atoms with E-state index in [1.54, 1.807) is 54.5 Å². The molecule has 1 aromatic heterocycles. The molecule has 6 N–H and O–H groups in total. The Balaban J connectivity index is 1.12. The fourth-order valence-electron chi connectivity index (χ4n) is 6.49. The van der Waals surface area contributed by atoms with E-state index in [1.165, 1.54) is 28.9 Å². The smallest absolute Gasteiger partial charge is 0.410 e. The number of amides is 4. The molecule has 4 aromatic rings. The van der Waals surface area contributed by atoms with Crippen molar-refractivity contribution in [2.45, 2.75) is 52.6 Å². The number of anilines is 2. The maximum atomic E-state index is 15.3. The first-order valence-electron chi connectivity index (χ1n) is 19.5. The number of hydrogen-bond acceptors (Lipinski definition) is 11. The lowest BCUT2D eigenvalue weighted by atomic mass is 10.0. The number of piperazine rings is 1. The number of aromatic carboxylic acids is 1. The summed E-state index contributed by atoms with van der Waals surface area (Å²) in [6.45, 7) is 7.12. The number of aryl methyl sites for hydroxylation is 1. The number of aromatic nitrogens is 1. The minimum atomic E-state index is -1.38. The molecule has 0 spiro atoms. The second-order valence-electron chi connectivity index (χ2n) is 14.4. The number of carbonyl (C=O) groups excluding carboxylic acids is 4. The van der Waals surface area contributed by atoms with Crippen LogP contribution in [0.2, 0.25) is 0 Å². The van der Waals surface area contributed by atoms with Gasteiger partial charge in [0, 0.05) is 68.0 Å². The van der Waals surface area contributed by atoms with E-state index < -0.39 is 58.9 Å². The predicted molar refractivity (Wildman–Crippen MR) is 227 cm³/mol. The summed E-state index contributed by atoms with van der Waals surface area (Å²) < 4.78 is 27.8.